The lowest BCUT2D eigenvalue weighted by Crippen LogP contribution is -2.26. The van der Waals surface area contributed by atoms with Gasteiger partial charge < -0.3 is 14.8 Å². The fourth-order valence-electron chi connectivity index (χ4n) is 3.98. The summed E-state index contributed by atoms with van der Waals surface area (Å²) in [6, 6.07) is 10.8. The molecular weight excluding hydrogens is 438 g/mol. The molecule has 0 radical (unpaired) electrons. The largest absolute Gasteiger partial charge is 0.465 e. The van der Waals surface area contributed by atoms with E-state index in [0.29, 0.717) is 23.1 Å². The average molecular weight is 463 g/mol. The first-order valence-corrected chi connectivity index (χ1v) is 11.1. The number of aromatic nitrogens is 2. The van der Waals surface area contributed by atoms with Crippen LogP contribution in [0.4, 0.5) is 5.69 Å². The van der Waals surface area contributed by atoms with Crippen molar-refractivity contribution in [3.8, 4) is 0 Å². The fraction of sp³-hybridized carbons (Fsp3) is 0.320. The highest BCUT2D eigenvalue weighted by molar-refractivity contribution is 5.98. The number of ether oxygens (including phenoxy) is 2. The lowest BCUT2D eigenvalue weighted by atomic mass is 10.1. The highest BCUT2D eigenvalue weighted by atomic mass is 16.5. The predicted molar refractivity (Wildman–Crippen MR) is 125 cm³/mol. The molecule has 0 saturated carbocycles. The van der Waals surface area contributed by atoms with E-state index in [1.54, 1.807) is 28.8 Å². The van der Waals surface area contributed by atoms with Crippen molar-refractivity contribution >= 4 is 34.4 Å². The third-order valence-electron chi connectivity index (χ3n) is 5.70. The monoisotopic (exact) mass is 463 g/mol. The number of fused-ring (bicyclic) bond motifs is 2. The average Bonchev–Trinajstić information content (AvgIpc) is 2.83. The van der Waals surface area contributed by atoms with Gasteiger partial charge in [0.2, 0.25) is 0 Å². The second-order valence-corrected chi connectivity index (χ2v) is 8.08. The molecule has 3 aromatic rings. The summed E-state index contributed by atoms with van der Waals surface area (Å²) in [7, 11) is 1.27. The molecule has 1 aromatic heterocycles. The molecule has 0 saturated heterocycles. The van der Waals surface area contributed by atoms with Gasteiger partial charge in [-0.25, -0.2) is 14.6 Å². The van der Waals surface area contributed by atoms with Crippen molar-refractivity contribution in [1.29, 1.82) is 0 Å². The number of nitrogens with one attached hydrogen (secondary N) is 1. The van der Waals surface area contributed by atoms with E-state index < -0.39 is 24.5 Å². The second-order valence-electron chi connectivity index (χ2n) is 8.08. The molecule has 0 fully saturated rings. The Bertz CT molecular complexity index is 1310. The van der Waals surface area contributed by atoms with Gasteiger partial charge >= 0.3 is 11.9 Å². The molecule has 0 bridgehead atoms. The van der Waals surface area contributed by atoms with Gasteiger partial charge in [0.05, 0.1) is 29.1 Å². The van der Waals surface area contributed by atoms with E-state index in [-0.39, 0.29) is 16.7 Å². The molecule has 4 rings (SSSR count). The quantitative estimate of drug-likeness (QED) is 0.578. The number of hydrogen-bond donors (Lipinski definition) is 1. The summed E-state index contributed by atoms with van der Waals surface area (Å²) >= 11 is 0. The molecule has 1 aliphatic heterocycles. The van der Waals surface area contributed by atoms with Crippen LogP contribution in [0.2, 0.25) is 0 Å². The van der Waals surface area contributed by atoms with Gasteiger partial charge in [-0.15, -0.1) is 0 Å². The summed E-state index contributed by atoms with van der Waals surface area (Å²) < 4.78 is 11.5. The molecule has 2 aromatic carbocycles. The number of carbonyl (C=O) groups excluding carboxylic acids is 3. The van der Waals surface area contributed by atoms with Crippen molar-refractivity contribution in [3.63, 3.8) is 0 Å². The third-order valence-corrected chi connectivity index (χ3v) is 5.70. The maximum absolute atomic E-state index is 12.9. The number of amides is 1. The van der Waals surface area contributed by atoms with Crippen LogP contribution in [0, 0.1) is 0 Å². The summed E-state index contributed by atoms with van der Waals surface area (Å²) in [6.45, 7) is 0.137. The number of hydrogen-bond acceptors (Lipinski definition) is 7. The maximum atomic E-state index is 12.9. The van der Waals surface area contributed by atoms with Crippen molar-refractivity contribution in [1.82, 2.24) is 9.55 Å². The molecule has 0 atom stereocenters. The van der Waals surface area contributed by atoms with Crippen LogP contribution in [-0.2, 0) is 27.2 Å². The lowest BCUT2D eigenvalue weighted by Gasteiger charge is -2.16. The maximum Gasteiger partial charge on any atom is 0.338 e. The van der Waals surface area contributed by atoms with Crippen LogP contribution in [0.25, 0.3) is 10.9 Å². The van der Waals surface area contributed by atoms with Gasteiger partial charge in [-0.3, -0.25) is 14.2 Å². The Hall–Kier alpha value is -4.01. The second kappa shape index (κ2) is 10.3. The van der Waals surface area contributed by atoms with Crippen LogP contribution in [0.15, 0.2) is 47.3 Å². The van der Waals surface area contributed by atoms with Crippen LogP contribution in [-0.4, -0.2) is 41.1 Å². The smallest absolute Gasteiger partial charge is 0.338 e. The van der Waals surface area contributed by atoms with E-state index in [0.717, 1.165) is 37.9 Å². The zero-order valence-corrected chi connectivity index (χ0v) is 18.8. The molecular formula is C25H25N3O6. The number of benzene rings is 2. The van der Waals surface area contributed by atoms with E-state index in [4.69, 9.17) is 4.74 Å². The molecule has 1 amide bonds. The normalized spacial score (nSPS) is 13.3. The Labute approximate surface area is 195 Å². The number of carbonyl (C=O) groups is 3. The first-order chi connectivity index (χ1) is 16.5. The molecule has 0 aliphatic carbocycles. The molecule has 0 spiro atoms. The van der Waals surface area contributed by atoms with E-state index >= 15 is 0 Å². The van der Waals surface area contributed by atoms with Crippen molar-refractivity contribution in [2.24, 2.45) is 0 Å². The number of methoxy groups -OCH3 is 1. The van der Waals surface area contributed by atoms with Gasteiger partial charge in [-0.05, 0) is 49.2 Å². The van der Waals surface area contributed by atoms with Gasteiger partial charge in [0.25, 0.3) is 11.5 Å². The van der Waals surface area contributed by atoms with Crippen LogP contribution in [0.1, 0.15) is 52.2 Å². The minimum atomic E-state index is -0.700. The van der Waals surface area contributed by atoms with Gasteiger partial charge in [0, 0.05) is 18.7 Å². The molecule has 9 nitrogen and oxygen atoms in total. The standard InChI is InChI=1S/C25H25N3O6/c1-33-24(31)16-7-6-8-18(13-16)26-22(29)15-34-25(32)17-10-11-19-20(14-17)27-21-9-4-2-3-5-12-28(21)23(19)30/h6-8,10-11,13-14H,2-5,9,12,15H2,1H3,(H,26,29). The SMILES string of the molecule is COC(=O)c1cccc(NC(=O)COC(=O)c2ccc3c(=O)n4c(nc3c2)CCCCCC4)c1. The Balaban J connectivity index is 1.44. The predicted octanol–water partition coefficient (Wildman–Crippen LogP) is 3.10. The first-order valence-electron chi connectivity index (χ1n) is 11.1. The molecule has 9 heteroatoms. The molecule has 0 unspecified atom stereocenters. The van der Waals surface area contributed by atoms with E-state index in [9.17, 15) is 19.2 Å². The van der Waals surface area contributed by atoms with Crippen LogP contribution < -0.4 is 10.9 Å². The molecule has 176 valence electrons. The van der Waals surface area contributed by atoms with Gasteiger partial charge in [0.1, 0.15) is 5.82 Å². The number of rotatable bonds is 5. The molecule has 1 N–H and O–H groups in total. The fourth-order valence-corrected chi connectivity index (χ4v) is 3.98. The summed E-state index contributed by atoms with van der Waals surface area (Å²) in [5.41, 5.74) is 1.20. The van der Waals surface area contributed by atoms with Gasteiger partial charge in [0.15, 0.2) is 6.61 Å². The molecule has 34 heavy (non-hydrogen) atoms. The Morgan fingerprint density at radius 3 is 2.62 bits per heavy atom. The Morgan fingerprint density at radius 1 is 1.00 bits per heavy atom. The third kappa shape index (κ3) is 5.14. The first kappa shape index (κ1) is 23.2. The minimum Gasteiger partial charge on any atom is -0.465 e. The number of anilines is 1. The van der Waals surface area contributed by atoms with E-state index in [1.165, 1.54) is 25.3 Å². The lowest BCUT2D eigenvalue weighted by molar-refractivity contribution is -0.119. The van der Waals surface area contributed by atoms with Crippen molar-refractivity contribution in [3.05, 3.63) is 69.8 Å². The molecule has 2 heterocycles. The van der Waals surface area contributed by atoms with Crippen molar-refractivity contribution in [2.75, 3.05) is 19.0 Å². The van der Waals surface area contributed by atoms with Crippen LogP contribution in [0.5, 0.6) is 0 Å². The number of esters is 2. The van der Waals surface area contributed by atoms with Crippen molar-refractivity contribution < 1.29 is 23.9 Å². The van der Waals surface area contributed by atoms with E-state index in [2.05, 4.69) is 15.0 Å². The van der Waals surface area contributed by atoms with Crippen LogP contribution >= 0.6 is 0 Å². The van der Waals surface area contributed by atoms with Gasteiger partial charge in [-0.2, -0.15) is 0 Å². The topological polar surface area (TPSA) is 117 Å². The number of aryl methyl sites for hydroxylation is 1. The highest BCUT2D eigenvalue weighted by Crippen LogP contribution is 2.17. The molecule has 1 aliphatic rings. The minimum absolute atomic E-state index is 0.101. The van der Waals surface area contributed by atoms with Crippen molar-refractivity contribution in [2.45, 2.75) is 38.6 Å². The Morgan fingerprint density at radius 2 is 1.79 bits per heavy atom. The summed E-state index contributed by atoms with van der Waals surface area (Å²) in [4.78, 5) is 53.9. The zero-order chi connectivity index (χ0) is 24.1. The van der Waals surface area contributed by atoms with E-state index in [1.807, 2.05) is 0 Å². The van der Waals surface area contributed by atoms with Crippen LogP contribution in [0.3, 0.4) is 0 Å². The zero-order valence-electron chi connectivity index (χ0n) is 18.8. The summed E-state index contributed by atoms with van der Waals surface area (Å²) in [5, 5.41) is 3.02. The van der Waals surface area contributed by atoms with Gasteiger partial charge in [-0.1, -0.05) is 18.9 Å². The number of nitrogens with zero attached hydrogens (tertiary/aromatic N) is 2. The highest BCUT2D eigenvalue weighted by Gasteiger charge is 2.16. The summed E-state index contributed by atoms with van der Waals surface area (Å²) in [5.74, 6) is -1.06. The summed E-state index contributed by atoms with van der Waals surface area (Å²) in [6.07, 6.45) is 4.84. The Kier molecular flexibility index (Phi) is 7.01.